The molecule has 11 heteroatoms. The maximum Gasteiger partial charge on any atom is 0.416 e. The van der Waals surface area contributed by atoms with Crippen LogP contribution in [0.25, 0.3) is 22.3 Å². The average Bonchev–Trinajstić information content (AvgIpc) is 3.36. The number of likely N-dealkylation sites (tertiary alicyclic amines) is 1. The Balaban J connectivity index is 1.37. The van der Waals surface area contributed by atoms with E-state index in [-0.39, 0.29) is 35.5 Å². The molecular weight excluding hydrogens is 533 g/mol. The Hall–Kier alpha value is -4.54. The van der Waals surface area contributed by atoms with Gasteiger partial charge in [-0.25, -0.2) is 14.6 Å². The van der Waals surface area contributed by atoms with Crippen molar-refractivity contribution in [1.29, 1.82) is 0 Å². The van der Waals surface area contributed by atoms with Crippen LogP contribution in [-0.2, 0) is 17.4 Å². The maximum atomic E-state index is 13.1. The molecule has 8 nitrogen and oxygen atoms in total. The van der Waals surface area contributed by atoms with Crippen LogP contribution in [0.4, 0.5) is 19.0 Å². The Morgan fingerprint density at radius 2 is 1.90 bits per heavy atom. The van der Waals surface area contributed by atoms with Gasteiger partial charge < -0.3 is 10.6 Å². The number of Topliss-reactive ketones (excluding diaryl/α,β-unsaturated/α-hetero) is 1. The Morgan fingerprint density at radius 1 is 1.15 bits per heavy atom. The van der Waals surface area contributed by atoms with Crippen LogP contribution in [0, 0.1) is 6.92 Å². The molecule has 1 amide bonds. The summed E-state index contributed by atoms with van der Waals surface area (Å²) in [6, 6.07) is 10.6. The van der Waals surface area contributed by atoms with E-state index in [4.69, 9.17) is 10.8 Å². The summed E-state index contributed by atoms with van der Waals surface area (Å²) in [5.41, 5.74) is 8.83. The van der Waals surface area contributed by atoms with E-state index in [0.717, 1.165) is 36.1 Å². The number of nitrogens with zero attached hydrogens (tertiary/aromatic N) is 5. The van der Waals surface area contributed by atoms with Gasteiger partial charge in [-0.1, -0.05) is 36.9 Å². The number of halogens is 3. The predicted molar refractivity (Wildman–Crippen MR) is 149 cm³/mol. The number of anilines is 1. The summed E-state index contributed by atoms with van der Waals surface area (Å²) in [5, 5.41) is 5.48. The van der Waals surface area contributed by atoms with Crippen LogP contribution in [0.3, 0.4) is 0 Å². The van der Waals surface area contributed by atoms with Gasteiger partial charge in [0, 0.05) is 30.6 Å². The first-order valence-corrected chi connectivity index (χ1v) is 13.3. The topological polar surface area (TPSA) is 107 Å². The van der Waals surface area contributed by atoms with Crippen molar-refractivity contribution in [3.05, 3.63) is 83.7 Å². The van der Waals surface area contributed by atoms with E-state index in [1.165, 1.54) is 18.5 Å². The molecule has 1 aliphatic rings. The highest BCUT2D eigenvalue weighted by molar-refractivity contribution is 5.99. The van der Waals surface area contributed by atoms with Gasteiger partial charge in [-0.3, -0.25) is 9.59 Å². The third kappa shape index (κ3) is 5.70. The number of hydrogen-bond donors (Lipinski definition) is 1. The minimum atomic E-state index is -4.51. The molecule has 41 heavy (non-hydrogen) atoms. The molecule has 1 aliphatic heterocycles. The summed E-state index contributed by atoms with van der Waals surface area (Å²) in [6.07, 6.45) is 0.260. The Kier molecular flexibility index (Phi) is 7.61. The maximum absolute atomic E-state index is 13.1. The minimum absolute atomic E-state index is 0.0709. The summed E-state index contributed by atoms with van der Waals surface area (Å²) >= 11 is 0. The molecular formula is C30H29F3N6O2. The fourth-order valence-corrected chi connectivity index (χ4v) is 5.26. The van der Waals surface area contributed by atoms with E-state index in [0.29, 0.717) is 41.8 Å². The zero-order valence-electron chi connectivity index (χ0n) is 22.5. The van der Waals surface area contributed by atoms with Gasteiger partial charge in [0.2, 0.25) is 5.91 Å². The van der Waals surface area contributed by atoms with Crippen LogP contribution in [0.5, 0.6) is 0 Å². The molecule has 0 saturated carbocycles. The van der Waals surface area contributed by atoms with E-state index in [9.17, 15) is 22.8 Å². The zero-order valence-corrected chi connectivity index (χ0v) is 22.5. The van der Waals surface area contributed by atoms with Gasteiger partial charge in [-0.05, 0) is 55.5 Å². The molecule has 1 atom stereocenters. The monoisotopic (exact) mass is 562 g/mol. The van der Waals surface area contributed by atoms with Gasteiger partial charge >= 0.3 is 6.18 Å². The normalized spacial score (nSPS) is 15.7. The number of carbonyl (C=O) groups is 2. The number of aromatic nitrogens is 4. The molecule has 0 bridgehead atoms. The van der Waals surface area contributed by atoms with Crippen LogP contribution in [0.2, 0.25) is 0 Å². The molecule has 1 fully saturated rings. The van der Waals surface area contributed by atoms with Gasteiger partial charge in [0.25, 0.3) is 0 Å². The first kappa shape index (κ1) is 28.0. The van der Waals surface area contributed by atoms with Crippen molar-refractivity contribution < 1.29 is 22.8 Å². The van der Waals surface area contributed by atoms with Gasteiger partial charge in [0.15, 0.2) is 11.4 Å². The second-order valence-electron chi connectivity index (χ2n) is 10.2. The van der Waals surface area contributed by atoms with E-state index >= 15 is 0 Å². The van der Waals surface area contributed by atoms with Crippen LogP contribution in [0.1, 0.15) is 52.4 Å². The molecule has 0 radical (unpaired) electrons. The van der Waals surface area contributed by atoms with E-state index in [2.05, 4.69) is 16.5 Å². The molecule has 212 valence electrons. The minimum Gasteiger partial charge on any atom is -0.383 e. The second-order valence-corrected chi connectivity index (χ2v) is 10.2. The van der Waals surface area contributed by atoms with Crippen molar-refractivity contribution in [2.24, 2.45) is 0 Å². The fraction of sp³-hybridized carbons (Fsp3) is 0.300. The second kappa shape index (κ2) is 11.1. The number of fused-ring (bicyclic) bond motifs is 1. The number of amides is 1. The van der Waals surface area contributed by atoms with Crippen molar-refractivity contribution >= 4 is 28.5 Å². The lowest BCUT2D eigenvalue weighted by Gasteiger charge is -2.32. The van der Waals surface area contributed by atoms with Crippen LogP contribution in [-0.4, -0.2) is 49.4 Å². The van der Waals surface area contributed by atoms with Gasteiger partial charge in [-0.15, -0.1) is 0 Å². The molecule has 1 saturated heterocycles. The number of benzene rings is 2. The van der Waals surface area contributed by atoms with Crippen molar-refractivity contribution in [3.63, 3.8) is 0 Å². The quantitative estimate of drug-likeness (QED) is 0.233. The fourth-order valence-electron chi connectivity index (χ4n) is 5.26. The van der Waals surface area contributed by atoms with Crippen LogP contribution >= 0.6 is 0 Å². The zero-order chi connectivity index (χ0) is 29.3. The standard InChI is InChI=1S/C30H29F3N6O2/c1-3-25(41)38-14-4-5-22(16-38)39-29-26(28(34)35-17-36-29)27(37-39)20-10-7-19(8-11-20)9-13-24(40)23-15-21(30(31,32)33)12-6-18(23)2/h3,6-8,10-12,15,17,22H,1,4-5,9,13-14,16H2,2H3,(H2,34,35,36)/t22-/m1/s1. The lowest BCUT2D eigenvalue weighted by atomic mass is 9.96. The highest BCUT2D eigenvalue weighted by atomic mass is 19.4. The number of carbonyl (C=O) groups excluding carboxylic acids is 2. The van der Waals surface area contributed by atoms with E-state index in [1.54, 1.807) is 11.8 Å². The Bertz CT molecular complexity index is 1630. The lowest BCUT2D eigenvalue weighted by molar-refractivity contribution is -0.137. The highest BCUT2D eigenvalue weighted by Gasteiger charge is 2.31. The third-order valence-electron chi connectivity index (χ3n) is 7.48. The van der Waals surface area contributed by atoms with Crippen molar-refractivity contribution in [2.75, 3.05) is 18.8 Å². The summed E-state index contributed by atoms with van der Waals surface area (Å²) in [7, 11) is 0. The van der Waals surface area contributed by atoms with Crippen LogP contribution in [0.15, 0.2) is 61.4 Å². The largest absolute Gasteiger partial charge is 0.416 e. The van der Waals surface area contributed by atoms with Gasteiger partial charge in [0.1, 0.15) is 17.8 Å². The molecule has 2 N–H and O–H groups in total. The molecule has 2 aromatic heterocycles. The number of ketones is 1. The van der Waals surface area contributed by atoms with Gasteiger partial charge in [-0.2, -0.15) is 18.3 Å². The van der Waals surface area contributed by atoms with Gasteiger partial charge in [0.05, 0.1) is 17.0 Å². The molecule has 0 aliphatic carbocycles. The van der Waals surface area contributed by atoms with Crippen LogP contribution < -0.4 is 5.73 Å². The number of rotatable bonds is 7. The van der Waals surface area contributed by atoms with E-state index < -0.39 is 11.7 Å². The lowest BCUT2D eigenvalue weighted by Crippen LogP contribution is -2.40. The summed E-state index contributed by atoms with van der Waals surface area (Å²) in [4.78, 5) is 35.4. The number of hydrogen-bond acceptors (Lipinski definition) is 6. The summed E-state index contributed by atoms with van der Waals surface area (Å²) < 4.78 is 41.2. The predicted octanol–water partition coefficient (Wildman–Crippen LogP) is 5.57. The third-order valence-corrected chi connectivity index (χ3v) is 7.48. The molecule has 3 heterocycles. The number of nitrogens with two attached hydrogens (primary N) is 1. The first-order chi connectivity index (χ1) is 19.6. The SMILES string of the molecule is C=CC(=O)N1CCC[C@@H](n2nc(-c3ccc(CCC(=O)c4cc(C(F)(F)F)ccc4C)cc3)c3c(N)ncnc32)C1. The number of aryl methyl sites for hydroxylation is 2. The Morgan fingerprint density at radius 3 is 2.61 bits per heavy atom. The first-order valence-electron chi connectivity index (χ1n) is 13.3. The smallest absolute Gasteiger partial charge is 0.383 e. The molecule has 0 unspecified atom stereocenters. The van der Waals surface area contributed by atoms with E-state index in [1.807, 2.05) is 28.9 Å². The highest BCUT2D eigenvalue weighted by Crippen LogP contribution is 2.34. The average molecular weight is 563 g/mol. The van der Waals surface area contributed by atoms with Crippen molar-refractivity contribution in [3.8, 4) is 11.3 Å². The summed E-state index contributed by atoms with van der Waals surface area (Å²) in [6.45, 7) is 6.35. The molecule has 2 aromatic carbocycles. The summed E-state index contributed by atoms with van der Waals surface area (Å²) in [5.74, 6) is -0.182. The van der Waals surface area contributed by atoms with Crippen molar-refractivity contribution in [2.45, 2.75) is 44.8 Å². The Labute approximate surface area is 234 Å². The molecule has 4 aromatic rings. The number of alkyl halides is 3. The molecule has 0 spiro atoms. The van der Waals surface area contributed by atoms with Crippen molar-refractivity contribution in [1.82, 2.24) is 24.6 Å². The molecule has 5 rings (SSSR count). The number of piperidine rings is 1. The number of nitrogen functional groups attached to an aromatic ring is 1.